The number of rotatable bonds is 6. The number of aromatic nitrogens is 3. The molecular weight excluding hydrogens is 276 g/mol. The summed E-state index contributed by atoms with van der Waals surface area (Å²) in [5.74, 6) is -1.36. The summed E-state index contributed by atoms with van der Waals surface area (Å²) in [4.78, 5) is 23.4. The van der Waals surface area contributed by atoms with Crippen LogP contribution in [0.25, 0.3) is 0 Å². The summed E-state index contributed by atoms with van der Waals surface area (Å²) in [6.07, 6.45) is 4.23. The number of aromatic carboxylic acids is 1. The molecule has 1 heterocycles. The number of carbonyl (C=O) groups is 2. The summed E-state index contributed by atoms with van der Waals surface area (Å²) in [5.41, 5.74) is 0.108. The molecule has 1 unspecified atom stereocenters. The molecule has 0 radical (unpaired) electrons. The maximum Gasteiger partial charge on any atom is 0.358 e. The van der Waals surface area contributed by atoms with Crippen molar-refractivity contribution in [1.82, 2.24) is 20.3 Å². The second-order valence-electron chi connectivity index (χ2n) is 5.23. The van der Waals surface area contributed by atoms with Crippen molar-refractivity contribution < 1.29 is 19.4 Å². The zero-order valence-corrected chi connectivity index (χ0v) is 12.2. The molecule has 2 N–H and O–H groups in total. The predicted octanol–water partition coefficient (Wildman–Crippen LogP) is 0.742. The molecule has 0 aliphatic heterocycles. The maximum atomic E-state index is 12.2. The minimum atomic E-state index is -1.18. The lowest BCUT2D eigenvalue weighted by atomic mass is 10.2. The Morgan fingerprint density at radius 2 is 2.14 bits per heavy atom. The van der Waals surface area contributed by atoms with Crippen molar-refractivity contribution in [3.8, 4) is 0 Å². The standard InChI is InChI=1S/C13H20N4O4/c1-8(12(18)14-9-5-3-4-6-9)17-10(7-21-2)11(13(19)20)15-16-17/h8-9H,3-7H2,1-2H3,(H,14,18)(H,19,20). The van der Waals surface area contributed by atoms with E-state index in [2.05, 4.69) is 15.6 Å². The van der Waals surface area contributed by atoms with Crippen LogP contribution >= 0.6 is 0 Å². The van der Waals surface area contributed by atoms with E-state index in [-0.39, 0.29) is 24.2 Å². The molecule has 1 aromatic rings. The van der Waals surface area contributed by atoms with Gasteiger partial charge in [-0.3, -0.25) is 4.79 Å². The first-order valence-electron chi connectivity index (χ1n) is 7.01. The van der Waals surface area contributed by atoms with Gasteiger partial charge in [-0.1, -0.05) is 18.1 Å². The molecule has 0 spiro atoms. The van der Waals surface area contributed by atoms with E-state index in [1.807, 2.05) is 0 Å². The fourth-order valence-corrected chi connectivity index (χ4v) is 2.56. The van der Waals surface area contributed by atoms with E-state index in [1.165, 1.54) is 11.8 Å². The Balaban J connectivity index is 2.15. The van der Waals surface area contributed by atoms with Gasteiger partial charge in [0.05, 0.1) is 6.61 Å². The Bertz CT molecular complexity index is 522. The highest BCUT2D eigenvalue weighted by atomic mass is 16.5. The van der Waals surface area contributed by atoms with E-state index in [0.717, 1.165) is 25.7 Å². The van der Waals surface area contributed by atoms with Crippen LogP contribution in [0.2, 0.25) is 0 Å². The number of nitrogens with zero attached hydrogens (tertiary/aromatic N) is 3. The molecule has 1 atom stereocenters. The van der Waals surface area contributed by atoms with Gasteiger partial charge < -0.3 is 15.2 Å². The van der Waals surface area contributed by atoms with Crippen molar-refractivity contribution in [2.45, 2.75) is 51.3 Å². The van der Waals surface area contributed by atoms with Crippen LogP contribution in [0.4, 0.5) is 0 Å². The summed E-state index contributed by atoms with van der Waals surface area (Å²) >= 11 is 0. The zero-order valence-electron chi connectivity index (χ0n) is 12.2. The van der Waals surface area contributed by atoms with Crippen LogP contribution in [-0.4, -0.2) is 45.1 Å². The van der Waals surface area contributed by atoms with E-state index in [0.29, 0.717) is 5.69 Å². The number of carboxylic acids is 1. The molecule has 0 bridgehead atoms. The molecule has 1 aromatic heterocycles. The number of nitrogens with one attached hydrogen (secondary N) is 1. The number of methoxy groups -OCH3 is 1. The van der Waals surface area contributed by atoms with Crippen molar-refractivity contribution in [3.05, 3.63) is 11.4 Å². The summed E-state index contributed by atoms with van der Waals surface area (Å²) in [5, 5.41) is 19.5. The van der Waals surface area contributed by atoms with E-state index in [1.54, 1.807) is 6.92 Å². The summed E-state index contributed by atoms with van der Waals surface area (Å²) in [7, 11) is 1.45. The Kier molecular flexibility index (Phi) is 4.89. The fourth-order valence-electron chi connectivity index (χ4n) is 2.56. The lowest BCUT2D eigenvalue weighted by molar-refractivity contribution is -0.125. The van der Waals surface area contributed by atoms with Gasteiger partial charge >= 0.3 is 5.97 Å². The molecule has 1 aliphatic carbocycles. The van der Waals surface area contributed by atoms with Crippen LogP contribution in [0.15, 0.2) is 0 Å². The Morgan fingerprint density at radius 3 is 2.71 bits per heavy atom. The highest BCUT2D eigenvalue weighted by Gasteiger charge is 2.27. The molecule has 1 saturated carbocycles. The number of carboxylic acid groups (broad SMARTS) is 1. The van der Waals surface area contributed by atoms with Crippen molar-refractivity contribution in [1.29, 1.82) is 0 Å². The van der Waals surface area contributed by atoms with Crippen LogP contribution in [-0.2, 0) is 16.1 Å². The summed E-state index contributed by atoms with van der Waals surface area (Å²) in [6.45, 7) is 1.71. The molecule has 2 rings (SSSR count). The van der Waals surface area contributed by atoms with Crippen molar-refractivity contribution >= 4 is 11.9 Å². The first-order chi connectivity index (χ1) is 10.0. The molecule has 0 aromatic carbocycles. The Hall–Kier alpha value is -1.96. The lowest BCUT2D eigenvalue weighted by Crippen LogP contribution is -2.38. The number of amides is 1. The molecule has 8 nitrogen and oxygen atoms in total. The van der Waals surface area contributed by atoms with Crippen LogP contribution < -0.4 is 5.32 Å². The number of carbonyl (C=O) groups excluding carboxylic acids is 1. The topological polar surface area (TPSA) is 106 Å². The third-order valence-corrected chi connectivity index (χ3v) is 3.72. The van der Waals surface area contributed by atoms with Gasteiger partial charge in [-0.15, -0.1) is 5.10 Å². The van der Waals surface area contributed by atoms with Crippen molar-refractivity contribution in [2.24, 2.45) is 0 Å². The van der Waals surface area contributed by atoms with Crippen LogP contribution in [0.3, 0.4) is 0 Å². The molecule has 1 fully saturated rings. The average Bonchev–Trinajstić information content (AvgIpc) is 3.07. The van der Waals surface area contributed by atoms with Crippen molar-refractivity contribution in [2.75, 3.05) is 7.11 Å². The third-order valence-electron chi connectivity index (χ3n) is 3.72. The second kappa shape index (κ2) is 6.66. The number of hydrogen-bond acceptors (Lipinski definition) is 5. The van der Waals surface area contributed by atoms with Crippen LogP contribution in [0.1, 0.15) is 54.8 Å². The van der Waals surface area contributed by atoms with Gasteiger partial charge in [-0.25, -0.2) is 9.48 Å². The zero-order chi connectivity index (χ0) is 15.4. The minimum Gasteiger partial charge on any atom is -0.476 e. The van der Waals surface area contributed by atoms with Crippen LogP contribution in [0, 0.1) is 0 Å². The minimum absolute atomic E-state index is 0.0374. The molecule has 8 heteroatoms. The molecule has 0 saturated heterocycles. The lowest BCUT2D eigenvalue weighted by Gasteiger charge is -2.18. The first kappa shape index (κ1) is 15.4. The van der Waals surface area contributed by atoms with Gasteiger partial charge in [0.15, 0.2) is 5.69 Å². The van der Waals surface area contributed by atoms with Crippen molar-refractivity contribution in [3.63, 3.8) is 0 Å². The van der Waals surface area contributed by atoms with Gasteiger partial charge in [0, 0.05) is 13.2 Å². The molecule has 21 heavy (non-hydrogen) atoms. The average molecular weight is 296 g/mol. The summed E-state index contributed by atoms with van der Waals surface area (Å²) in [6, 6.07) is -0.426. The predicted molar refractivity (Wildman–Crippen MR) is 72.8 cm³/mol. The van der Waals surface area contributed by atoms with Gasteiger partial charge in [0.1, 0.15) is 11.7 Å². The highest BCUT2D eigenvalue weighted by Crippen LogP contribution is 2.19. The first-order valence-corrected chi connectivity index (χ1v) is 7.01. The third kappa shape index (κ3) is 3.38. The smallest absolute Gasteiger partial charge is 0.358 e. The monoisotopic (exact) mass is 296 g/mol. The molecule has 116 valence electrons. The Morgan fingerprint density at radius 1 is 1.48 bits per heavy atom. The van der Waals surface area contributed by atoms with E-state index >= 15 is 0 Å². The summed E-state index contributed by atoms with van der Waals surface area (Å²) < 4.78 is 6.30. The van der Waals surface area contributed by atoms with E-state index in [4.69, 9.17) is 9.84 Å². The number of ether oxygens (including phenoxy) is 1. The van der Waals surface area contributed by atoms with Crippen LogP contribution in [0.5, 0.6) is 0 Å². The molecule has 1 amide bonds. The van der Waals surface area contributed by atoms with E-state index in [9.17, 15) is 9.59 Å². The fraction of sp³-hybridized carbons (Fsp3) is 0.692. The normalized spacial score (nSPS) is 16.9. The quantitative estimate of drug-likeness (QED) is 0.802. The maximum absolute atomic E-state index is 12.2. The molecule has 1 aliphatic rings. The van der Waals surface area contributed by atoms with Gasteiger partial charge in [0.25, 0.3) is 0 Å². The molecular formula is C13H20N4O4. The largest absolute Gasteiger partial charge is 0.476 e. The SMILES string of the molecule is COCc1c(C(=O)O)nnn1C(C)C(=O)NC1CCCC1. The van der Waals surface area contributed by atoms with Gasteiger partial charge in [0.2, 0.25) is 5.91 Å². The van der Waals surface area contributed by atoms with E-state index < -0.39 is 12.0 Å². The van der Waals surface area contributed by atoms with Gasteiger partial charge in [-0.05, 0) is 19.8 Å². The van der Waals surface area contributed by atoms with Gasteiger partial charge in [-0.2, -0.15) is 0 Å². The second-order valence-corrected chi connectivity index (χ2v) is 5.23. The highest BCUT2D eigenvalue weighted by molar-refractivity contribution is 5.87. The Labute approximate surface area is 122 Å². The number of hydrogen-bond donors (Lipinski definition) is 2.